The largest absolute Gasteiger partial charge is 0.397 e. The van der Waals surface area contributed by atoms with Crippen molar-refractivity contribution in [3.63, 3.8) is 0 Å². The zero-order valence-corrected chi connectivity index (χ0v) is 13.4. The van der Waals surface area contributed by atoms with E-state index in [1.165, 1.54) is 6.33 Å². The molecular formula is C16H23N5O. The molecule has 5 N–H and O–H groups in total. The van der Waals surface area contributed by atoms with Gasteiger partial charge in [0.2, 0.25) is 0 Å². The number of imidazole rings is 1. The fourth-order valence-corrected chi connectivity index (χ4v) is 1.93. The Morgan fingerprint density at radius 3 is 2.82 bits per heavy atom. The van der Waals surface area contributed by atoms with Gasteiger partial charge in [-0.25, -0.2) is 4.98 Å². The van der Waals surface area contributed by atoms with E-state index in [2.05, 4.69) is 41.4 Å². The summed E-state index contributed by atoms with van der Waals surface area (Å²) in [7, 11) is 0. The van der Waals surface area contributed by atoms with Gasteiger partial charge in [-0.15, -0.1) is 0 Å². The molecule has 0 aliphatic heterocycles. The van der Waals surface area contributed by atoms with Crippen molar-refractivity contribution in [2.75, 3.05) is 16.4 Å². The van der Waals surface area contributed by atoms with Crippen LogP contribution in [0.3, 0.4) is 0 Å². The van der Waals surface area contributed by atoms with Gasteiger partial charge in [0.15, 0.2) is 5.82 Å². The van der Waals surface area contributed by atoms with Gasteiger partial charge in [0.25, 0.3) is 5.91 Å². The average Bonchev–Trinajstić information content (AvgIpc) is 2.90. The zero-order chi connectivity index (χ0) is 16.3. The highest BCUT2D eigenvalue weighted by atomic mass is 16.1. The molecule has 1 heterocycles. The lowest BCUT2D eigenvalue weighted by Gasteiger charge is -2.24. The van der Waals surface area contributed by atoms with Gasteiger partial charge in [-0.2, -0.15) is 0 Å². The molecular weight excluding hydrogens is 278 g/mol. The Morgan fingerprint density at radius 2 is 2.14 bits per heavy atom. The lowest BCUT2D eigenvalue weighted by molar-refractivity contribution is 0.102. The fraction of sp³-hybridized carbons (Fsp3) is 0.375. The van der Waals surface area contributed by atoms with E-state index in [1.54, 1.807) is 6.07 Å². The molecule has 2 rings (SSSR count). The van der Waals surface area contributed by atoms with Gasteiger partial charge in [0.1, 0.15) is 5.69 Å². The lowest BCUT2D eigenvalue weighted by Crippen LogP contribution is -2.31. The maximum Gasteiger partial charge on any atom is 0.276 e. The third kappa shape index (κ3) is 3.58. The number of benzene rings is 1. The Balaban J connectivity index is 2.20. The second kappa shape index (κ2) is 6.09. The van der Waals surface area contributed by atoms with E-state index >= 15 is 0 Å². The summed E-state index contributed by atoms with van der Waals surface area (Å²) in [6, 6.07) is 5.52. The van der Waals surface area contributed by atoms with Gasteiger partial charge in [0, 0.05) is 5.54 Å². The minimum atomic E-state index is -0.274. The van der Waals surface area contributed by atoms with Gasteiger partial charge in [-0.05, 0) is 44.9 Å². The van der Waals surface area contributed by atoms with E-state index in [1.807, 2.05) is 19.1 Å². The number of carbonyl (C=O) groups excluding carboxylic acids is 1. The van der Waals surface area contributed by atoms with Crippen molar-refractivity contribution >= 4 is 23.1 Å². The number of aromatic nitrogens is 2. The summed E-state index contributed by atoms with van der Waals surface area (Å²) in [6.45, 7) is 8.14. The number of rotatable bonds is 5. The van der Waals surface area contributed by atoms with Gasteiger partial charge >= 0.3 is 0 Å². The van der Waals surface area contributed by atoms with Crippen molar-refractivity contribution in [3.05, 3.63) is 35.8 Å². The zero-order valence-electron chi connectivity index (χ0n) is 13.4. The number of H-pyrrole nitrogens is 1. The number of nitrogen functional groups attached to an aromatic ring is 1. The molecule has 0 fully saturated rings. The highest BCUT2D eigenvalue weighted by Gasteiger charge is 2.21. The van der Waals surface area contributed by atoms with Crippen LogP contribution in [0.2, 0.25) is 0 Å². The van der Waals surface area contributed by atoms with Crippen LogP contribution in [0.5, 0.6) is 0 Å². The molecule has 0 aliphatic rings. The van der Waals surface area contributed by atoms with E-state index in [0.717, 1.165) is 12.0 Å². The number of nitrogens with one attached hydrogen (secondary N) is 3. The van der Waals surface area contributed by atoms with Crippen LogP contribution in [0.4, 0.5) is 17.2 Å². The molecule has 6 heteroatoms. The third-order valence-corrected chi connectivity index (χ3v) is 3.66. The summed E-state index contributed by atoms with van der Waals surface area (Å²) < 4.78 is 0. The number of carbonyl (C=O) groups is 1. The molecule has 1 aromatic carbocycles. The molecule has 0 spiro atoms. The molecule has 6 nitrogen and oxygen atoms in total. The Labute approximate surface area is 130 Å². The topological polar surface area (TPSA) is 95.8 Å². The Bertz CT molecular complexity index is 675. The minimum absolute atomic E-state index is 0.146. The van der Waals surface area contributed by atoms with E-state index in [9.17, 15) is 4.79 Å². The number of nitrogens with two attached hydrogens (primary N) is 1. The Hall–Kier alpha value is -2.50. The number of aromatic amines is 1. The van der Waals surface area contributed by atoms with E-state index < -0.39 is 0 Å². The van der Waals surface area contributed by atoms with Crippen LogP contribution in [-0.4, -0.2) is 21.4 Å². The predicted molar refractivity (Wildman–Crippen MR) is 90.1 cm³/mol. The molecule has 0 saturated carbocycles. The first kappa shape index (κ1) is 15.9. The number of hydrogen-bond acceptors (Lipinski definition) is 4. The predicted octanol–water partition coefficient (Wildman–Crippen LogP) is 3.15. The first-order valence-electron chi connectivity index (χ1n) is 7.31. The molecule has 0 unspecified atom stereocenters. The highest BCUT2D eigenvalue weighted by molar-refractivity contribution is 6.07. The van der Waals surface area contributed by atoms with Crippen molar-refractivity contribution in [1.29, 1.82) is 0 Å². The average molecular weight is 301 g/mol. The molecule has 1 amide bonds. The lowest BCUT2D eigenvalue weighted by atomic mass is 10.0. The van der Waals surface area contributed by atoms with Gasteiger partial charge in [-0.3, -0.25) is 4.79 Å². The van der Waals surface area contributed by atoms with Crippen LogP contribution in [0.25, 0.3) is 0 Å². The first-order valence-corrected chi connectivity index (χ1v) is 7.31. The van der Waals surface area contributed by atoms with Crippen molar-refractivity contribution in [3.8, 4) is 0 Å². The maximum absolute atomic E-state index is 12.5. The number of amides is 1. The molecule has 0 bridgehead atoms. The summed E-state index contributed by atoms with van der Waals surface area (Å²) >= 11 is 0. The van der Waals surface area contributed by atoms with Crippen LogP contribution in [0, 0.1) is 6.92 Å². The summed E-state index contributed by atoms with van der Waals surface area (Å²) in [6.07, 6.45) is 2.41. The first-order chi connectivity index (χ1) is 10.3. The minimum Gasteiger partial charge on any atom is -0.397 e. The molecule has 0 saturated heterocycles. The second-order valence-electron chi connectivity index (χ2n) is 6.03. The van der Waals surface area contributed by atoms with Crippen LogP contribution in [-0.2, 0) is 0 Å². The van der Waals surface area contributed by atoms with Gasteiger partial charge in [-0.1, -0.05) is 13.0 Å². The van der Waals surface area contributed by atoms with E-state index in [0.29, 0.717) is 22.9 Å². The monoisotopic (exact) mass is 301 g/mol. The summed E-state index contributed by atoms with van der Waals surface area (Å²) in [4.78, 5) is 19.5. The number of hydrogen-bond donors (Lipinski definition) is 4. The number of nitrogens with zero attached hydrogens (tertiary/aromatic N) is 1. The van der Waals surface area contributed by atoms with E-state index in [-0.39, 0.29) is 11.4 Å². The molecule has 118 valence electrons. The third-order valence-electron chi connectivity index (χ3n) is 3.66. The summed E-state index contributed by atoms with van der Waals surface area (Å²) in [5.41, 5.74) is 8.30. The van der Waals surface area contributed by atoms with Crippen molar-refractivity contribution in [2.45, 2.75) is 39.7 Å². The van der Waals surface area contributed by atoms with Gasteiger partial charge in [0.05, 0.1) is 17.7 Å². The highest BCUT2D eigenvalue weighted by Crippen LogP contribution is 2.23. The van der Waals surface area contributed by atoms with E-state index in [4.69, 9.17) is 5.73 Å². The molecule has 0 radical (unpaired) electrons. The summed E-state index contributed by atoms with van der Waals surface area (Å²) in [5.74, 6) is 0.264. The quantitative estimate of drug-likeness (QED) is 0.638. The standard InChI is InChI=1S/C16H23N5O/c1-5-16(3,4)21-14-13(18-9-19-14)15(22)20-12-8-10(2)6-7-11(12)17/h6-9,21H,5,17H2,1-4H3,(H,18,19)(H,20,22). The molecule has 2 aromatic rings. The maximum atomic E-state index is 12.5. The fourth-order valence-electron chi connectivity index (χ4n) is 1.93. The van der Waals surface area contributed by atoms with Gasteiger partial charge < -0.3 is 21.4 Å². The number of aryl methyl sites for hydroxylation is 1. The van der Waals surface area contributed by atoms with Crippen molar-refractivity contribution in [1.82, 2.24) is 9.97 Å². The van der Waals surface area contributed by atoms with Crippen LogP contribution >= 0.6 is 0 Å². The van der Waals surface area contributed by atoms with Crippen LogP contribution in [0.1, 0.15) is 43.2 Å². The molecule has 22 heavy (non-hydrogen) atoms. The smallest absolute Gasteiger partial charge is 0.276 e. The SMILES string of the molecule is CCC(C)(C)Nc1nc[nH]c1C(=O)Nc1cc(C)ccc1N. The Kier molecular flexibility index (Phi) is 4.40. The van der Waals surface area contributed by atoms with Crippen molar-refractivity contribution in [2.24, 2.45) is 0 Å². The number of anilines is 3. The second-order valence-corrected chi connectivity index (χ2v) is 6.03. The van der Waals surface area contributed by atoms with Crippen LogP contribution in [0.15, 0.2) is 24.5 Å². The Morgan fingerprint density at radius 1 is 1.41 bits per heavy atom. The molecule has 1 aromatic heterocycles. The molecule has 0 atom stereocenters. The van der Waals surface area contributed by atoms with Crippen LogP contribution < -0.4 is 16.4 Å². The summed E-state index contributed by atoms with van der Waals surface area (Å²) in [5, 5.41) is 6.10. The normalized spacial score (nSPS) is 11.3. The molecule has 0 aliphatic carbocycles. The van der Waals surface area contributed by atoms with Crippen molar-refractivity contribution < 1.29 is 4.79 Å².